The Balaban J connectivity index is 1.48. The fourth-order valence-electron chi connectivity index (χ4n) is 3.06. The SMILES string of the molecule is N#Cc1nc([C@H]2C[C@@H]2c2ccccc2)oc1NCc1ccc(F)c(F)c1. The zero-order valence-electron chi connectivity index (χ0n) is 13.7. The van der Waals surface area contributed by atoms with E-state index in [1.807, 2.05) is 24.3 Å². The Morgan fingerprint density at radius 2 is 1.92 bits per heavy atom. The van der Waals surface area contributed by atoms with Crippen LogP contribution < -0.4 is 5.32 Å². The van der Waals surface area contributed by atoms with Crippen LogP contribution in [0.25, 0.3) is 0 Å². The minimum absolute atomic E-state index is 0.156. The first kappa shape index (κ1) is 16.3. The van der Waals surface area contributed by atoms with Crippen molar-refractivity contribution in [1.82, 2.24) is 4.98 Å². The van der Waals surface area contributed by atoms with Crippen LogP contribution in [0.3, 0.4) is 0 Å². The highest BCUT2D eigenvalue weighted by molar-refractivity contribution is 5.47. The third kappa shape index (κ3) is 3.16. The second-order valence-corrected chi connectivity index (χ2v) is 6.30. The molecular weight excluding hydrogens is 336 g/mol. The summed E-state index contributed by atoms with van der Waals surface area (Å²) in [5.74, 6) is -0.515. The highest BCUT2D eigenvalue weighted by atomic mass is 19.2. The maximum absolute atomic E-state index is 13.3. The van der Waals surface area contributed by atoms with Gasteiger partial charge in [0.05, 0.1) is 0 Å². The Kier molecular flexibility index (Phi) is 4.13. The van der Waals surface area contributed by atoms with Gasteiger partial charge in [0.25, 0.3) is 0 Å². The summed E-state index contributed by atoms with van der Waals surface area (Å²) in [6, 6.07) is 15.8. The van der Waals surface area contributed by atoms with Crippen LogP contribution >= 0.6 is 0 Å². The van der Waals surface area contributed by atoms with Crippen molar-refractivity contribution in [1.29, 1.82) is 5.26 Å². The minimum Gasteiger partial charge on any atom is -0.424 e. The molecule has 0 radical (unpaired) electrons. The third-order valence-corrected chi connectivity index (χ3v) is 4.52. The third-order valence-electron chi connectivity index (χ3n) is 4.52. The number of halogens is 2. The topological polar surface area (TPSA) is 61.9 Å². The van der Waals surface area contributed by atoms with Crippen LogP contribution in [-0.2, 0) is 6.54 Å². The Morgan fingerprint density at radius 1 is 1.12 bits per heavy atom. The lowest BCUT2D eigenvalue weighted by atomic mass is 10.1. The molecule has 2 atom stereocenters. The Morgan fingerprint density at radius 3 is 2.65 bits per heavy atom. The van der Waals surface area contributed by atoms with Crippen molar-refractivity contribution >= 4 is 5.88 Å². The van der Waals surface area contributed by atoms with E-state index in [2.05, 4.69) is 22.4 Å². The van der Waals surface area contributed by atoms with Crippen molar-refractivity contribution in [3.63, 3.8) is 0 Å². The predicted octanol–water partition coefficient (Wildman–Crippen LogP) is 4.71. The summed E-state index contributed by atoms with van der Waals surface area (Å²) >= 11 is 0. The number of rotatable bonds is 5. The van der Waals surface area contributed by atoms with Gasteiger partial charge in [0.2, 0.25) is 17.5 Å². The number of nitrogens with one attached hydrogen (secondary N) is 1. The van der Waals surface area contributed by atoms with Crippen LogP contribution in [0.4, 0.5) is 14.7 Å². The molecule has 6 heteroatoms. The van der Waals surface area contributed by atoms with Crippen LogP contribution in [0, 0.1) is 23.0 Å². The van der Waals surface area contributed by atoms with Crippen LogP contribution in [-0.4, -0.2) is 4.98 Å². The second-order valence-electron chi connectivity index (χ2n) is 6.30. The highest BCUT2D eigenvalue weighted by Gasteiger charge is 2.43. The number of hydrogen-bond acceptors (Lipinski definition) is 4. The normalized spacial score (nSPS) is 18.3. The fraction of sp³-hybridized carbons (Fsp3) is 0.200. The molecule has 4 rings (SSSR count). The summed E-state index contributed by atoms with van der Waals surface area (Å²) < 4.78 is 32.0. The van der Waals surface area contributed by atoms with E-state index < -0.39 is 11.6 Å². The number of benzene rings is 2. The largest absolute Gasteiger partial charge is 0.424 e. The maximum atomic E-state index is 13.3. The van der Waals surface area contributed by atoms with Crippen LogP contribution in [0.5, 0.6) is 0 Å². The zero-order valence-corrected chi connectivity index (χ0v) is 13.7. The van der Waals surface area contributed by atoms with E-state index in [0.29, 0.717) is 17.4 Å². The first-order valence-electron chi connectivity index (χ1n) is 8.29. The average molecular weight is 351 g/mol. The number of aromatic nitrogens is 1. The fourth-order valence-corrected chi connectivity index (χ4v) is 3.06. The van der Waals surface area contributed by atoms with Gasteiger partial charge in [-0.05, 0) is 35.6 Å². The summed E-state index contributed by atoms with van der Waals surface area (Å²) in [5, 5.41) is 12.2. The summed E-state index contributed by atoms with van der Waals surface area (Å²) in [7, 11) is 0. The van der Waals surface area contributed by atoms with Gasteiger partial charge in [0.1, 0.15) is 6.07 Å². The molecule has 1 heterocycles. The molecule has 0 aliphatic heterocycles. The second kappa shape index (κ2) is 6.60. The quantitative estimate of drug-likeness (QED) is 0.723. The van der Waals surface area contributed by atoms with Crippen molar-refractivity contribution in [2.24, 2.45) is 0 Å². The molecule has 1 aromatic heterocycles. The van der Waals surface area contributed by atoms with Crippen LogP contribution in [0.15, 0.2) is 52.9 Å². The number of anilines is 1. The lowest BCUT2D eigenvalue weighted by Gasteiger charge is -2.04. The minimum atomic E-state index is -0.910. The van der Waals surface area contributed by atoms with Gasteiger partial charge in [-0.3, -0.25) is 0 Å². The summed E-state index contributed by atoms with van der Waals surface area (Å²) in [5.41, 5.74) is 1.94. The molecule has 1 aliphatic carbocycles. The molecule has 1 saturated carbocycles. The van der Waals surface area contributed by atoms with Gasteiger partial charge in [-0.1, -0.05) is 36.4 Å². The maximum Gasteiger partial charge on any atom is 0.232 e. The molecule has 130 valence electrons. The van der Waals surface area contributed by atoms with Crippen LogP contribution in [0.2, 0.25) is 0 Å². The smallest absolute Gasteiger partial charge is 0.232 e. The van der Waals surface area contributed by atoms with E-state index in [1.165, 1.54) is 11.6 Å². The predicted molar refractivity (Wildman–Crippen MR) is 91.4 cm³/mol. The van der Waals surface area contributed by atoms with Crippen molar-refractivity contribution in [3.8, 4) is 6.07 Å². The molecule has 3 aromatic rings. The Bertz CT molecular complexity index is 978. The molecular formula is C20H15F2N3O. The molecule has 4 nitrogen and oxygen atoms in total. The van der Waals surface area contributed by atoms with Crippen molar-refractivity contribution in [2.75, 3.05) is 5.32 Å². The molecule has 1 N–H and O–H groups in total. The number of hydrogen-bond donors (Lipinski definition) is 1. The molecule has 0 unspecified atom stereocenters. The Hall–Kier alpha value is -3.20. The van der Waals surface area contributed by atoms with E-state index in [1.54, 1.807) is 0 Å². The average Bonchev–Trinajstić information content (AvgIpc) is 3.36. The lowest BCUT2D eigenvalue weighted by Crippen LogP contribution is -2.01. The highest BCUT2D eigenvalue weighted by Crippen LogP contribution is 2.54. The summed E-state index contributed by atoms with van der Waals surface area (Å²) in [6.45, 7) is 0.202. The van der Waals surface area contributed by atoms with Gasteiger partial charge < -0.3 is 9.73 Å². The zero-order chi connectivity index (χ0) is 18.1. The monoisotopic (exact) mass is 351 g/mol. The molecule has 1 fully saturated rings. The first-order chi connectivity index (χ1) is 12.7. The molecule has 26 heavy (non-hydrogen) atoms. The van der Waals surface area contributed by atoms with Crippen LogP contribution in [0.1, 0.15) is 41.0 Å². The van der Waals surface area contributed by atoms with Gasteiger partial charge in [0, 0.05) is 12.5 Å². The summed E-state index contributed by atoms with van der Waals surface area (Å²) in [6.07, 6.45) is 0.929. The van der Waals surface area contributed by atoms with E-state index in [-0.39, 0.29) is 24.0 Å². The number of oxazole rings is 1. The Labute approximate surface area is 149 Å². The van der Waals surface area contributed by atoms with Gasteiger partial charge in [-0.25, -0.2) is 13.8 Å². The van der Waals surface area contributed by atoms with Crippen molar-refractivity contribution in [3.05, 3.63) is 82.9 Å². The first-order valence-corrected chi connectivity index (χ1v) is 8.29. The van der Waals surface area contributed by atoms with Gasteiger partial charge in [0.15, 0.2) is 11.6 Å². The van der Waals surface area contributed by atoms with E-state index >= 15 is 0 Å². The lowest BCUT2D eigenvalue weighted by molar-refractivity contribution is 0.502. The summed E-state index contributed by atoms with van der Waals surface area (Å²) in [4.78, 5) is 4.29. The van der Waals surface area contributed by atoms with Gasteiger partial charge in [-0.15, -0.1) is 0 Å². The van der Waals surface area contributed by atoms with E-state index in [9.17, 15) is 14.0 Å². The van der Waals surface area contributed by atoms with Crippen molar-refractivity contribution < 1.29 is 13.2 Å². The molecule has 0 amide bonds. The molecule has 1 aliphatic rings. The van der Waals surface area contributed by atoms with Gasteiger partial charge in [-0.2, -0.15) is 5.26 Å². The molecule has 0 saturated heterocycles. The number of nitrogens with zero attached hydrogens (tertiary/aromatic N) is 2. The molecule has 0 spiro atoms. The van der Waals surface area contributed by atoms with E-state index in [0.717, 1.165) is 18.6 Å². The number of nitriles is 1. The molecule has 0 bridgehead atoms. The standard InChI is InChI=1S/C20H15F2N3O/c21-16-7-6-12(8-17(16)22)11-24-20-18(10-23)25-19(26-20)15-9-14(15)13-4-2-1-3-5-13/h1-8,14-15,24H,9,11H2/t14-,15+/m1/s1. The van der Waals surface area contributed by atoms with Gasteiger partial charge >= 0.3 is 0 Å². The van der Waals surface area contributed by atoms with E-state index in [4.69, 9.17) is 4.42 Å². The van der Waals surface area contributed by atoms with Crippen molar-refractivity contribution in [2.45, 2.75) is 24.8 Å². The molecule has 2 aromatic carbocycles.